The number of carbonyl (C=O) groups is 1. The summed E-state index contributed by atoms with van der Waals surface area (Å²) in [6.45, 7) is 4.95. The van der Waals surface area contributed by atoms with Crippen molar-refractivity contribution in [3.63, 3.8) is 0 Å². The summed E-state index contributed by atoms with van der Waals surface area (Å²) in [6.07, 6.45) is 4.09. The summed E-state index contributed by atoms with van der Waals surface area (Å²) in [7, 11) is 0. The van der Waals surface area contributed by atoms with Gasteiger partial charge in [-0.05, 0) is 43.2 Å². The number of pyridine rings is 1. The Morgan fingerprint density at radius 1 is 1.11 bits per heavy atom. The van der Waals surface area contributed by atoms with E-state index in [0.717, 1.165) is 28.4 Å². The molecule has 0 aliphatic carbocycles. The number of rotatable bonds is 8. The molecule has 0 radical (unpaired) electrons. The number of ether oxygens (including phenoxy) is 1. The maximum absolute atomic E-state index is 13.8. The number of nitrogens with one attached hydrogen (secondary N) is 3. The molecule has 2 atom stereocenters. The number of fused-ring (bicyclic) bond motifs is 1. The third kappa shape index (κ3) is 5.73. The third-order valence-corrected chi connectivity index (χ3v) is 6.46. The van der Waals surface area contributed by atoms with Gasteiger partial charge in [-0.25, -0.2) is 19.3 Å². The van der Waals surface area contributed by atoms with E-state index < -0.39 is 6.17 Å². The van der Waals surface area contributed by atoms with Gasteiger partial charge in [-0.15, -0.1) is 0 Å². The second kappa shape index (κ2) is 11.5. The number of hydrogen-bond acceptors (Lipinski definition) is 7. The molecule has 38 heavy (non-hydrogen) atoms. The zero-order valence-corrected chi connectivity index (χ0v) is 21.5. The number of aryl methyl sites for hydroxylation is 1. The Balaban J connectivity index is 1.46. The number of alkyl halides is 1. The zero-order valence-electron chi connectivity index (χ0n) is 21.5. The standard InChI is InChI=1S/C29H31FN6O2/c1-3-7-26(37)35-25-14-18(2)27(22-9-5-4-8-21(22)25)38-28-23(10-6-12-32-28)24-11-13-33-29(36-24)34-20-15-19(30)16-31-17-20/h4-6,8-14,19-20,31H,3,7,15-17H2,1-2H3,(H,35,37)(H,33,34,36)/t19-,20-/m0/s1. The Morgan fingerprint density at radius 2 is 1.95 bits per heavy atom. The van der Waals surface area contributed by atoms with E-state index in [9.17, 15) is 9.18 Å². The van der Waals surface area contributed by atoms with E-state index in [1.807, 2.05) is 56.3 Å². The van der Waals surface area contributed by atoms with E-state index >= 15 is 0 Å². The first-order valence-electron chi connectivity index (χ1n) is 12.9. The minimum absolute atomic E-state index is 0.0167. The van der Waals surface area contributed by atoms with Gasteiger partial charge in [0.1, 0.15) is 11.9 Å². The van der Waals surface area contributed by atoms with Crippen molar-refractivity contribution in [2.24, 2.45) is 0 Å². The first kappa shape index (κ1) is 25.5. The Kier molecular flexibility index (Phi) is 7.74. The summed E-state index contributed by atoms with van der Waals surface area (Å²) < 4.78 is 20.3. The molecule has 196 valence electrons. The molecule has 3 heterocycles. The second-order valence-electron chi connectivity index (χ2n) is 9.47. The lowest BCUT2D eigenvalue weighted by Crippen LogP contribution is -2.44. The van der Waals surface area contributed by atoms with Crippen LogP contribution in [0.25, 0.3) is 22.0 Å². The van der Waals surface area contributed by atoms with Crippen molar-refractivity contribution in [3.05, 3.63) is 66.5 Å². The molecule has 1 fully saturated rings. The van der Waals surface area contributed by atoms with Crippen molar-refractivity contribution >= 4 is 28.3 Å². The van der Waals surface area contributed by atoms with E-state index in [4.69, 9.17) is 4.74 Å². The molecule has 3 N–H and O–H groups in total. The molecule has 2 aromatic carbocycles. The average Bonchev–Trinajstić information content (AvgIpc) is 2.91. The lowest BCUT2D eigenvalue weighted by Gasteiger charge is -2.26. The number of aromatic nitrogens is 3. The number of benzene rings is 2. The van der Waals surface area contributed by atoms with Crippen molar-refractivity contribution in [2.75, 3.05) is 23.7 Å². The van der Waals surface area contributed by atoms with Gasteiger partial charge in [0.2, 0.25) is 17.7 Å². The molecule has 9 heteroatoms. The maximum Gasteiger partial charge on any atom is 0.228 e. The highest BCUT2D eigenvalue weighted by Crippen LogP contribution is 2.39. The monoisotopic (exact) mass is 514 g/mol. The molecule has 0 saturated carbocycles. The van der Waals surface area contributed by atoms with Crippen molar-refractivity contribution in [2.45, 2.75) is 45.3 Å². The number of amides is 1. The lowest BCUT2D eigenvalue weighted by molar-refractivity contribution is -0.116. The van der Waals surface area contributed by atoms with Crippen LogP contribution < -0.4 is 20.7 Å². The van der Waals surface area contributed by atoms with Crippen molar-refractivity contribution in [3.8, 4) is 22.9 Å². The van der Waals surface area contributed by atoms with Crippen LogP contribution >= 0.6 is 0 Å². The highest BCUT2D eigenvalue weighted by molar-refractivity contribution is 6.05. The van der Waals surface area contributed by atoms with Crippen LogP contribution in [0.2, 0.25) is 0 Å². The quantitative estimate of drug-likeness (QED) is 0.280. The van der Waals surface area contributed by atoms with E-state index in [-0.39, 0.29) is 11.9 Å². The number of carbonyl (C=O) groups excluding carboxylic acids is 1. The molecule has 0 unspecified atom stereocenters. The largest absolute Gasteiger partial charge is 0.437 e. The summed E-state index contributed by atoms with van der Waals surface area (Å²) >= 11 is 0. The topological polar surface area (TPSA) is 101 Å². The number of nitrogens with zero attached hydrogens (tertiary/aromatic N) is 3. The third-order valence-electron chi connectivity index (χ3n) is 6.46. The number of hydrogen-bond donors (Lipinski definition) is 3. The molecule has 1 saturated heterocycles. The molecule has 8 nitrogen and oxygen atoms in total. The van der Waals surface area contributed by atoms with Gasteiger partial charge in [0.05, 0.1) is 11.3 Å². The molecule has 5 rings (SSSR count). The average molecular weight is 515 g/mol. The van der Waals surface area contributed by atoms with Gasteiger partial charge in [0, 0.05) is 60.8 Å². The van der Waals surface area contributed by atoms with Crippen LogP contribution in [0.15, 0.2) is 60.9 Å². The van der Waals surface area contributed by atoms with Crippen molar-refractivity contribution < 1.29 is 13.9 Å². The van der Waals surface area contributed by atoms with Crippen LogP contribution in [0, 0.1) is 6.92 Å². The van der Waals surface area contributed by atoms with Gasteiger partial charge in [0.15, 0.2) is 0 Å². The minimum atomic E-state index is -0.896. The predicted octanol–water partition coefficient (Wildman–Crippen LogP) is 5.64. The van der Waals surface area contributed by atoms with Crippen LogP contribution in [0.3, 0.4) is 0 Å². The van der Waals surface area contributed by atoms with Crippen LogP contribution in [0.1, 0.15) is 31.7 Å². The first-order valence-corrected chi connectivity index (χ1v) is 12.9. The molecule has 4 aromatic rings. The minimum Gasteiger partial charge on any atom is -0.437 e. The number of halogens is 1. The van der Waals surface area contributed by atoms with Gasteiger partial charge < -0.3 is 20.7 Å². The van der Waals surface area contributed by atoms with Gasteiger partial charge in [-0.2, -0.15) is 0 Å². The summed E-state index contributed by atoms with van der Waals surface area (Å²) in [6, 6.07) is 15.2. The van der Waals surface area contributed by atoms with Gasteiger partial charge in [-0.3, -0.25) is 4.79 Å². The predicted molar refractivity (Wildman–Crippen MR) is 147 cm³/mol. The first-order chi connectivity index (χ1) is 18.5. The molecule has 1 aliphatic rings. The lowest BCUT2D eigenvalue weighted by atomic mass is 10.0. The fourth-order valence-electron chi connectivity index (χ4n) is 4.69. The molecule has 0 spiro atoms. The van der Waals surface area contributed by atoms with Crippen LogP contribution in [-0.4, -0.2) is 46.2 Å². The zero-order chi connectivity index (χ0) is 26.5. The van der Waals surface area contributed by atoms with E-state index in [0.29, 0.717) is 54.8 Å². The van der Waals surface area contributed by atoms with Crippen LogP contribution in [0.4, 0.5) is 16.0 Å². The molecule has 1 amide bonds. The molecular weight excluding hydrogens is 483 g/mol. The van der Waals surface area contributed by atoms with Gasteiger partial charge in [-0.1, -0.05) is 31.2 Å². The van der Waals surface area contributed by atoms with Crippen molar-refractivity contribution in [1.82, 2.24) is 20.3 Å². The van der Waals surface area contributed by atoms with Gasteiger partial charge in [0.25, 0.3) is 0 Å². The maximum atomic E-state index is 13.8. The Labute approximate surface area is 221 Å². The van der Waals surface area contributed by atoms with Gasteiger partial charge >= 0.3 is 0 Å². The SMILES string of the molecule is CCCC(=O)Nc1cc(C)c(Oc2ncccc2-c2ccnc(N[C@@H]3CNC[C@@H](F)C3)n2)c2ccccc12. The van der Waals surface area contributed by atoms with Crippen LogP contribution in [-0.2, 0) is 4.79 Å². The highest BCUT2D eigenvalue weighted by atomic mass is 19.1. The summed E-state index contributed by atoms with van der Waals surface area (Å²) in [4.78, 5) is 25.8. The smallest absolute Gasteiger partial charge is 0.228 e. The Bertz CT molecular complexity index is 1450. The fourth-order valence-corrected chi connectivity index (χ4v) is 4.69. The fraction of sp³-hybridized carbons (Fsp3) is 0.310. The van der Waals surface area contributed by atoms with E-state index in [2.05, 4.69) is 30.9 Å². The summed E-state index contributed by atoms with van der Waals surface area (Å²) in [5.41, 5.74) is 2.95. The molecule has 0 bridgehead atoms. The number of piperidine rings is 1. The summed E-state index contributed by atoms with van der Waals surface area (Å²) in [5.74, 6) is 1.46. The van der Waals surface area contributed by atoms with E-state index in [1.54, 1.807) is 18.5 Å². The van der Waals surface area contributed by atoms with Crippen molar-refractivity contribution in [1.29, 1.82) is 0 Å². The molecule has 2 aromatic heterocycles. The van der Waals surface area contributed by atoms with E-state index in [1.165, 1.54) is 0 Å². The second-order valence-corrected chi connectivity index (χ2v) is 9.47. The van der Waals surface area contributed by atoms with Crippen LogP contribution in [0.5, 0.6) is 11.6 Å². The normalized spacial score (nSPS) is 17.2. The number of anilines is 2. The Hall–Kier alpha value is -4.11. The molecule has 1 aliphatic heterocycles. The summed E-state index contributed by atoms with van der Waals surface area (Å²) in [5, 5.41) is 11.1. The molecular formula is C29H31FN6O2. The Morgan fingerprint density at radius 3 is 2.76 bits per heavy atom. The highest BCUT2D eigenvalue weighted by Gasteiger charge is 2.22.